The van der Waals surface area contributed by atoms with Crippen LogP contribution in [0, 0.1) is 0 Å². The highest BCUT2D eigenvalue weighted by Crippen LogP contribution is 2.19. The van der Waals surface area contributed by atoms with Gasteiger partial charge in [0, 0.05) is 13.7 Å². The second kappa shape index (κ2) is 5.39. The lowest BCUT2D eigenvalue weighted by Crippen LogP contribution is -2.47. The molecule has 0 aromatic carbocycles. The third-order valence-electron chi connectivity index (χ3n) is 2.87. The topological polar surface area (TPSA) is 72.6 Å². The predicted octanol–water partition coefficient (Wildman–Crippen LogP) is 0.102. The Labute approximate surface area is 102 Å². The highest BCUT2D eigenvalue weighted by atomic mass is 32.2. The Morgan fingerprint density at radius 1 is 1.69 bits per heavy atom. The van der Waals surface area contributed by atoms with Crippen molar-refractivity contribution in [3.63, 3.8) is 0 Å². The van der Waals surface area contributed by atoms with E-state index in [-0.39, 0.29) is 11.0 Å². The van der Waals surface area contributed by atoms with E-state index < -0.39 is 15.3 Å². The summed E-state index contributed by atoms with van der Waals surface area (Å²) in [5.41, 5.74) is 5.46. The van der Waals surface area contributed by atoms with Crippen molar-refractivity contribution in [3.05, 3.63) is 0 Å². The summed E-state index contributed by atoms with van der Waals surface area (Å²) < 4.78 is 30.9. The van der Waals surface area contributed by atoms with Crippen molar-refractivity contribution in [2.24, 2.45) is 5.73 Å². The maximum Gasteiger partial charge on any atom is 0.223 e. The van der Waals surface area contributed by atoms with Crippen molar-refractivity contribution in [1.29, 1.82) is 0 Å². The van der Waals surface area contributed by atoms with Crippen LogP contribution in [-0.2, 0) is 14.8 Å². The van der Waals surface area contributed by atoms with Crippen LogP contribution in [0.5, 0.6) is 0 Å². The molecule has 0 saturated carbocycles. The summed E-state index contributed by atoms with van der Waals surface area (Å²) in [6.07, 6.45) is 1.12. The van der Waals surface area contributed by atoms with Gasteiger partial charge in [-0.15, -0.1) is 0 Å². The number of nitrogens with two attached hydrogens (primary N) is 1. The van der Waals surface area contributed by atoms with Crippen LogP contribution in [0.4, 0.5) is 0 Å². The van der Waals surface area contributed by atoms with Crippen LogP contribution in [-0.4, -0.2) is 49.3 Å². The molecule has 2 atom stereocenters. The standard InChI is InChI=1S/C9H18N2O3S2/c1-3-8(9(10)15)16(12,13)11(2)7-4-5-14-6-7/h7-8H,3-6H2,1-2H3,(H2,10,15). The van der Waals surface area contributed by atoms with Gasteiger partial charge in [-0.3, -0.25) is 0 Å². The fourth-order valence-electron chi connectivity index (χ4n) is 1.78. The van der Waals surface area contributed by atoms with E-state index in [0.29, 0.717) is 19.6 Å². The molecular weight excluding hydrogens is 248 g/mol. The second-order valence-electron chi connectivity index (χ2n) is 3.88. The molecule has 1 heterocycles. The predicted molar refractivity (Wildman–Crippen MR) is 66.8 cm³/mol. The van der Waals surface area contributed by atoms with Crippen LogP contribution in [0.25, 0.3) is 0 Å². The number of rotatable bonds is 5. The monoisotopic (exact) mass is 266 g/mol. The molecule has 0 spiro atoms. The van der Waals surface area contributed by atoms with Crippen LogP contribution in [0.1, 0.15) is 19.8 Å². The molecule has 1 saturated heterocycles. The lowest BCUT2D eigenvalue weighted by molar-refractivity contribution is 0.180. The Kier molecular flexibility index (Phi) is 4.66. The molecule has 0 aliphatic carbocycles. The van der Waals surface area contributed by atoms with E-state index in [1.54, 1.807) is 14.0 Å². The second-order valence-corrected chi connectivity index (χ2v) is 6.52. The summed E-state index contributed by atoms with van der Waals surface area (Å²) in [5, 5.41) is -0.770. The molecule has 2 unspecified atom stereocenters. The lowest BCUT2D eigenvalue weighted by Gasteiger charge is -2.26. The summed E-state index contributed by atoms with van der Waals surface area (Å²) >= 11 is 4.80. The van der Waals surface area contributed by atoms with Gasteiger partial charge in [0.25, 0.3) is 0 Å². The van der Waals surface area contributed by atoms with Crippen LogP contribution in [0.2, 0.25) is 0 Å². The fourth-order valence-corrected chi connectivity index (χ4v) is 4.01. The number of likely N-dealkylation sites (N-methyl/N-ethyl adjacent to an activating group) is 1. The highest BCUT2D eigenvalue weighted by Gasteiger charge is 2.35. The molecule has 16 heavy (non-hydrogen) atoms. The van der Waals surface area contributed by atoms with Gasteiger partial charge in [0.05, 0.1) is 17.6 Å². The Bertz CT molecular complexity index is 350. The van der Waals surface area contributed by atoms with Gasteiger partial charge in [0.1, 0.15) is 5.25 Å². The molecule has 1 aliphatic heterocycles. The Morgan fingerprint density at radius 2 is 2.31 bits per heavy atom. The molecule has 1 rings (SSSR count). The van der Waals surface area contributed by atoms with Gasteiger partial charge in [-0.1, -0.05) is 19.1 Å². The minimum Gasteiger partial charge on any atom is -0.392 e. The highest BCUT2D eigenvalue weighted by molar-refractivity contribution is 7.92. The van der Waals surface area contributed by atoms with E-state index in [4.69, 9.17) is 22.7 Å². The molecule has 0 aromatic rings. The molecule has 0 amide bonds. The molecule has 2 N–H and O–H groups in total. The molecule has 1 fully saturated rings. The number of hydrogen-bond donors (Lipinski definition) is 1. The first-order chi connectivity index (χ1) is 7.41. The van der Waals surface area contributed by atoms with Crippen LogP contribution in [0.3, 0.4) is 0 Å². The van der Waals surface area contributed by atoms with E-state index in [1.807, 2.05) is 0 Å². The van der Waals surface area contributed by atoms with E-state index in [1.165, 1.54) is 4.31 Å². The largest absolute Gasteiger partial charge is 0.392 e. The SMILES string of the molecule is CCC(C(N)=S)S(=O)(=O)N(C)C1CCOC1. The number of nitrogens with zero attached hydrogens (tertiary/aromatic N) is 1. The van der Waals surface area contributed by atoms with E-state index in [0.717, 1.165) is 6.42 Å². The van der Waals surface area contributed by atoms with Gasteiger partial charge in [-0.2, -0.15) is 4.31 Å². The zero-order valence-corrected chi connectivity index (χ0v) is 11.2. The zero-order chi connectivity index (χ0) is 12.3. The van der Waals surface area contributed by atoms with Gasteiger partial charge >= 0.3 is 0 Å². The summed E-state index contributed by atoms with van der Waals surface area (Å²) in [6.45, 7) is 2.82. The smallest absolute Gasteiger partial charge is 0.223 e. The lowest BCUT2D eigenvalue weighted by atomic mass is 10.3. The van der Waals surface area contributed by atoms with Gasteiger partial charge in [0.2, 0.25) is 10.0 Å². The third-order valence-corrected chi connectivity index (χ3v) is 5.71. The normalized spacial score (nSPS) is 23.6. The molecular formula is C9H18N2O3S2. The van der Waals surface area contributed by atoms with Crippen molar-refractivity contribution in [3.8, 4) is 0 Å². The molecule has 0 aromatic heterocycles. The Balaban J connectivity index is 2.86. The van der Waals surface area contributed by atoms with E-state index in [2.05, 4.69) is 0 Å². The van der Waals surface area contributed by atoms with E-state index >= 15 is 0 Å². The van der Waals surface area contributed by atoms with Crippen LogP contribution < -0.4 is 5.73 Å². The Morgan fingerprint density at radius 3 is 2.69 bits per heavy atom. The van der Waals surface area contributed by atoms with Crippen LogP contribution in [0.15, 0.2) is 0 Å². The summed E-state index contributed by atoms with van der Waals surface area (Å²) in [5.74, 6) is 0. The molecule has 0 radical (unpaired) electrons. The van der Waals surface area contributed by atoms with Crippen molar-refractivity contribution in [2.45, 2.75) is 31.1 Å². The molecule has 7 heteroatoms. The summed E-state index contributed by atoms with van der Waals surface area (Å²) in [4.78, 5) is 0.0354. The fraction of sp³-hybridized carbons (Fsp3) is 0.889. The van der Waals surface area contributed by atoms with Crippen molar-refractivity contribution in [2.75, 3.05) is 20.3 Å². The molecule has 1 aliphatic rings. The average Bonchev–Trinajstić information content (AvgIpc) is 2.68. The molecule has 5 nitrogen and oxygen atoms in total. The summed E-state index contributed by atoms with van der Waals surface area (Å²) in [6, 6.07) is -0.0894. The minimum absolute atomic E-state index is 0.0354. The first-order valence-electron chi connectivity index (χ1n) is 5.25. The number of sulfonamides is 1. The van der Waals surface area contributed by atoms with Gasteiger partial charge in [-0.25, -0.2) is 8.42 Å². The molecule has 0 bridgehead atoms. The van der Waals surface area contributed by atoms with Gasteiger partial charge < -0.3 is 10.5 Å². The van der Waals surface area contributed by atoms with Gasteiger partial charge in [-0.05, 0) is 12.8 Å². The van der Waals surface area contributed by atoms with E-state index in [9.17, 15) is 8.42 Å². The summed E-state index contributed by atoms with van der Waals surface area (Å²) in [7, 11) is -1.88. The average molecular weight is 266 g/mol. The first-order valence-corrected chi connectivity index (χ1v) is 7.16. The van der Waals surface area contributed by atoms with Crippen molar-refractivity contribution < 1.29 is 13.2 Å². The Hall–Kier alpha value is -0.240. The maximum absolute atomic E-state index is 12.2. The molecule has 94 valence electrons. The van der Waals surface area contributed by atoms with Crippen molar-refractivity contribution >= 4 is 27.2 Å². The number of hydrogen-bond acceptors (Lipinski definition) is 4. The minimum atomic E-state index is -3.45. The van der Waals surface area contributed by atoms with Crippen molar-refractivity contribution in [1.82, 2.24) is 4.31 Å². The van der Waals surface area contributed by atoms with Crippen LogP contribution >= 0.6 is 12.2 Å². The maximum atomic E-state index is 12.2. The number of ether oxygens (including phenoxy) is 1. The number of thiocarbonyl (C=S) groups is 1. The third kappa shape index (κ3) is 2.71. The quantitative estimate of drug-likeness (QED) is 0.715. The zero-order valence-electron chi connectivity index (χ0n) is 9.55. The van der Waals surface area contributed by atoms with Gasteiger partial charge in [0.15, 0.2) is 0 Å². The first kappa shape index (κ1) is 13.8.